The predicted octanol–water partition coefficient (Wildman–Crippen LogP) is 0.165. The lowest BCUT2D eigenvalue weighted by Crippen LogP contribution is -2.34. The van der Waals surface area contributed by atoms with Gasteiger partial charge >= 0.3 is 0 Å². The second-order valence-corrected chi connectivity index (χ2v) is 7.93. The number of hydrogen-bond acceptors (Lipinski definition) is 4. The van der Waals surface area contributed by atoms with Crippen molar-refractivity contribution < 1.29 is 16.8 Å². The van der Waals surface area contributed by atoms with Crippen LogP contribution in [0.25, 0.3) is 0 Å². The van der Waals surface area contributed by atoms with Gasteiger partial charge in [-0.25, -0.2) is 26.7 Å². The molecule has 1 aromatic carbocycles. The fraction of sp³-hybridized carbons (Fsp3) is 0.400. The molecule has 3 N–H and O–H groups in total. The Morgan fingerprint density at radius 2 is 1.72 bits per heavy atom. The van der Waals surface area contributed by atoms with Crippen molar-refractivity contribution in [1.29, 1.82) is 0 Å². The molecule has 0 spiro atoms. The second-order valence-electron chi connectivity index (χ2n) is 4.69. The van der Waals surface area contributed by atoms with Crippen molar-refractivity contribution in [1.82, 2.24) is 4.72 Å². The van der Waals surface area contributed by atoms with Gasteiger partial charge in [0.25, 0.3) is 0 Å². The molecule has 0 atom stereocenters. The fourth-order valence-electron chi connectivity index (χ4n) is 1.49. The van der Waals surface area contributed by atoms with E-state index < -0.39 is 25.6 Å². The molecule has 100 valence electrons. The fourth-order valence-corrected chi connectivity index (χ4v) is 3.64. The molecule has 1 fully saturated rings. The van der Waals surface area contributed by atoms with Crippen LogP contribution in [-0.4, -0.2) is 22.4 Å². The maximum absolute atomic E-state index is 12.0. The first kappa shape index (κ1) is 13.5. The van der Waals surface area contributed by atoms with Gasteiger partial charge in [-0.05, 0) is 38.0 Å². The van der Waals surface area contributed by atoms with Crippen LogP contribution >= 0.6 is 0 Å². The van der Waals surface area contributed by atoms with Gasteiger partial charge in [-0.15, -0.1) is 0 Å². The third-order valence-corrected chi connectivity index (χ3v) is 5.37. The molecule has 0 amide bonds. The summed E-state index contributed by atoms with van der Waals surface area (Å²) in [5, 5.41) is 4.97. The highest BCUT2D eigenvalue weighted by atomic mass is 32.2. The molecule has 0 aliphatic heterocycles. The average molecular weight is 290 g/mol. The summed E-state index contributed by atoms with van der Waals surface area (Å²) in [5.74, 6) is 0. The van der Waals surface area contributed by atoms with Crippen LogP contribution in [-0.2, 0) is 20.0 Å². The van der Waals surface area contributed by atoms with E-state index in [1.807, 2.05) is 0 Å². The first-order chi connectivity index (χ1) is 8.12. The van der Waals surface area contributed by atoms with E-state index in [0.29, 0.717) is 0 Å². The standard InChI is InChI=1S/C10H14N2O4S2/c1-10(5-6-10)12-18(15,16)9-4-2-3-8(7-9)17(11,13)14/h2-4,7,12H,5-6H2,1H3,(H2,11,13,14). The quantitative estimate of drug-likeness (QED) is 0.824. The molecule has 1 aromatic rings. The molecular formula is C10H14N2O4S2. The minimum absolute atomic E-state index is 0.0952. The van der Waals surface area contributed by atoms with E-state index in [1.165, 1.54) is 18.2 Å². The first-order valence-electron chi connectivity index (χ1n) is 5.29. The molecule has 0 radical (unpaired) electrons. The van der Waals surface area contributed by atoms with E-state index in [0.717, 1.165) is 18.9 Å². The Morgan fingerprint density at radius 1 is 1.17 bits per heavy atom. The lowest BCUT2D eigenvalue weighted by atomic mass is 10.4. The van der Waals surface area contributed by atoms with E-state index >= 15 is 0 Å². The molecule has 1 aliphatic rings. The zero-order valence-electron chi connectivity index (χ0n) is 9.75. The zero-order chi connectivity index (χ0) is 13.6. The molecule has 0 aromatic heterocycles. The Bertz CT molecular complexity index is 676. The molecule has 1 aliphatic carbocycles. The Balaban J connectivity index is 2.39. The monoisotopic (exact) mass is 290 g/mol. The SMILES string of the molecule is CC1(NS(=O)(=O)c2cccc(S(N)(=O)=O)c2)CC1. The van der Waals surface area contributed by atoms with Crippen LogP contribution in [0.4, 0.5) is 0 Å². The van der Waals surface area contributed by atoms with Crippen molar-refractivity contribution in [2.45, 2.75) is 35.1 Å². The Morgan fingerprint density at radius 3 is 2.22 bits per heavy atom. The third kappa shape index (κ3) is 2.89. The zero-order valence-corrected chi connectivity index (χ0v) is 11.4. The Labute approximate surface area is 106 Å². The van der Waals surface area contributed by atoms with Crippen molar-refractivity contribution in [2.75, 3.05) is 0 Å². The van der Waals surface area contributed by atoms with E-state index in [2.05, 4.69) is 4.72 Å². The van der Waals surface area contributed by atoms with Crippen LogP contribution in [0.15, 0.2) is 34.1 Å². The van der Waals surface area contributed by atoms with E-state index in [4.69, 9.17) is 5.14 Å². The molecule has 0 bridgehead atoms. The lowest BCUT2D eigenvalue weighted by molar-refractivity contribution is 0.558. The van der Waals surface area contributed by atoms with Crippen LogP contribution in [0.2, 0.25) is 0 Å². The van der Waals surface area contributed by atoms with Gasteiger partial charge < -0.3 is 0 Å². The summed E-state index contributed by atoms with van der Waals surface area (Å²) in [5.41, 5.74) is -0.406. The summed E-state index contributed by atoms with van der Waals surface area (Å²) >= 11 is 0. The number of nitrogens with one attached hydrogen (secondary N) is 1. The maximum atomic E-state index is 12.0. The molecule has 0 saturated heterocycles. The van der Waals surface area contributed by atoms with Crippen LogP contribution < -0.4 is 9.86 Å². The predicted molar refractivity (Wildman–Crippen MR) is 65.8 cm³/mol. The molecule has 0 unspecified atom stereocenters. The summed E-state index contributed by atoms with van der Waals surface area (Å²) in [6.45, 7) is 1.80. The topological polar surface area (TPSA) is 106 Å². The molecule has 8 heteroatoms. The van der Waals surface area contributed by atoms with Crippen LogP contribution in [0.5, 0.6) is 0 Å². The van der Waals surface area contributed by atoms with Gasteiger partial charge in [0.15, 0.2) is 0 Å². The molecule has 6 nitrogen and oxygen atoms in total. The van der Waals surface area contributed by atoms with Crippen molar-refractivity contribution in [3.05, 3.63) is 24.3 Å². The van der Waals surface area contributed by atoms with Crippen LogP contribution in [0.1, 0.15) is 19.8 Å². The highest BCUT2D eigenvalue weighted by Gasteiger charge is 2.41. The summed E-state index contributed by atoms with van der Waals surface area (Å²) in [6, 6.07) is 5.00. The van der Waals surface area contributed by atoms with Gasteiger partial charge in [0.05, 0.1) is 9.79 Å². The van der Waals surface area contributed by atoms with Crippen LogP contribution in [0, 0.1) is 0 Å². The van der Waals surface area contributed by atoms with E-state index in [9.17, 15) is 16.8 Å². The number of benzene rings is 1. The number of hydrogen-bond donors (Lipinski definition) is 2. The number of sulfonamides is 2. The summed E-state index contributed by atoms with van der Waals surface area (Å²) < 4.78 is 48.9. The molecule has 2 rings (SSSR count). The smallest absolute Gasteiger partial charge is 0.225 e. The number of rotatable bonds is 4. The third-order valence-electron chi connectivity index (χ3n) is 2.83. The van der Waals surface area contributed by atoms with Gasteiger partial charge in [0.1, 0.15) is 0 Å². The largest absolute Gasteiger partial charge is 0.241 e. The minimum atomic E-state index is -3.91. The van der Waals surface area contributed by atoms with Gasteiger partial charge in [0, 0.05) is 5.54 Å². The summed E-state index contributed by atoms with van der Waals surface area (Å²) in [7, 11) is -7.61. The van der Waals surface area contributed by atoms with Gasteiger partial charge in [-0.1, -0.05) is 6.07 Å². The molecular weight excluding hydrogens is 276 g/mol. The van der Waals surface area contributed by atoms with Gasteiger partial charge in [-0.3, -0.25) is 0 Å². The van der Waals surface area contributed by atoms with E-state index in [1.54, 1.807) is 6.92 Å². The van der Waals surface area contributed by atoms with Crippen LogP contribution in [0.3, 0.4) is 0 Å². The van der Waals surface area contributed by atoms with Crippen molar-refractivity contribution >= 4 is 20.0 Å². The minimum Gasteiger partial charge on any atom is -0.225 e. The highest BCUT2D eigenvalue weighted by molar-refractivity contribution is 7.90. The normalized spacial score (nSPS) is 18.6. The second kappa shape index (κ2) is 4.02. The number of primary sulfonamides is 1. The van der Waals surface area contributed by atoms with Crippen molar-refractivity contribution in [2.24, 2.45) is 5.14 Å². The molecule has 18 heavy (non-hydrogen) atoms. The van der Waals surface area contributed by atoms with Crippen molar-refractivity contribution in [3.63, 3.8) is 0 Å². The van der Waals surface area contributed by atoms with Crippen molar-refractivity contribution in [3.8, 4) is 0 Å². The highest BCUT2D eigenvalue weighted by Crippen LogP contribution is 2.36. The molecule has 0 heterocycles. The Kier molecular flexibility index (Phi) is 3.01. The summed E-state index contributed by atoms with van der Waals surface area (Å²) in [6.07, 6.45) is 1.56. The first-order valence-corrected chi connectivity index (χ1v) is 8.32. The lowest BCUT2D eigenvalue weighted by Gasteiger charge is -2.12. The average Bonchev–Trinajstić information content (AvgIpc) is 2.94. The summed E-state index contributed by atoms with van der Waals surface area (Å²) in [4.78, 5) is -0.312. The van der Waals surface area contributed by atoms with Gasteiger partial charge in [0.2, 0.25) is 20.0 Å². The van der Waals surface area contributed by atoms with Gasteiger partial charge in [-0.2, -0.15) is 0 Å². The Hall–Kier alpha value is -0.960. The number of nitrogens with two attached hydrogens (primary N) is 1. The van der Waals surface area contributed by atoms with E-state index in [-0.39, 0.29) is 9.79 Å². The maximum Gasteiger partial charge on any atom is 0.241 e. The molecule has 1 saturated carbocycles.